The van der Waals surface area contributed by atoms with E-state index >= 15 is 0 Å². The molecule has 1 aromatic carbocycles. The summed E-state index contributed by atoms with van der Waals surface area (Å²) in [6.07, 6.45) is 3.26. The van der Waals surface area contributed by atoms with Gasteiger partial charge in [-0.25, -0.2) is 8.42 Å². The summed E-state index contributed by atoms with van der Waals surface area (Å²) in [6.45, 7) is 4.77. The van der Waals surface area contributed by atoms with Crippen LogP contribution in [0.5, 0.6) is 0 Å². The zero-order chi connectivity index (χ0) is 15.5. The van der Waals surface area contributed by atoms with E-state index in [1.54, 1.807) is 25.1 Å². The topological polar surface area (TPSA) is 66.5 Å². The van der Waals surface area contributed by atoms with Gasteiger partial charge in [-0.05, 0) is 37.5 Å². The Kier molecular flexibility index (Phi) is 5.00. The van der Waals surface area contributed by atoms with Gasteiger partial charge in [-0.15, -0.1) is 0 Å². The van der Waals surface area contributed by atoms with Gasteiger partial charge in [0.05, 0.1) is 4.90 Å². The van der Waals surface area contributed by atoms with E-state index in [9.17, 15) is 13.2 Å². The number of carbonyl (C=O) groups excluding carboxylic acids is 1. The number of nitrogens with zero attached hydrogens (tertiary/aromatic N) is 1. The van der Waals surface area contributed by atoms with Crippen molar-refractivity contribution in [1.82, 2.24) is 4.31 Å². The van der Waals surface area contributed by atoms with Crippen molar-refractivity contribution < 1.29 is 13.2 Å². The lowest BCUT2D eigenvalue weighted by atomic mass is 10.2. The second-order valence-electron chi connectivity index (χ2n) is 5.34. The first-order valence-corrected chi connectivity index (χ1v) is 8.80. The van der Waals surface area contributed by atoms with Crippen molar-refractivity contribution in [1.29, 1.82) is 0 Å². The zero-order valence-corrected chi connectivity index (χ0v) is 13.4. The summed E-state index contributed by atoms with van der Waals surface area (Å²) in [4.78, 5) is 11.8. The minimum Gasteiger partial charge on any atom is -0.326 e. The normalized spacial score (nSPS) is 16.7. The molecule has 1 aliphatic heterocycles. The van der Waals surface area contributed by atoms with Gasteiger partial charge in [-0.2, -0.15) is 4.31 Å². The van der Waals surface area contributed by atoms with Crippen LogP contribution >= 0.6 is 0 Å². The molecule has 0 bridgehead atoms. The summed E-state index contributed by atoms with van der Waals surface area (Å²) in [5, 5.41) is 2.75. The highest BCUT2D eigenvalue weighted by atomic mass is 32.2. The molecule has 0 saturated carbocycles. The Hall–Kier alpha value is -1.40. The highest BCUT2D eigenvalue weighted by Gasteiger charge is 2.26. The van der Waals surface area contributed by atoms with Crippen LogP contribution in [-0.2, 0) is 14.8 Å². The van der Waals surface area contributed by atoms with E-state index in [-0.39, 0.29) is 10.8 Å². The van der Waals surface area contributed by atoms with Gasteiger partial charge < -0.3 is 5.32 Å². The lowest BCUT2D eigenvalue weighted by molar-refractivity contribution is -0.115. The summed E-state index contributed by atoms with van der Waals surface area (Å²) < 4.78 is 26.8. The van der Waals surface area contributed by atoms with Gasteiger partial charge in [0.25, 0.3) is 0 Å². The van der Waals surface area contributed by atoms with Gasteiger partial charge in [-0.1, -0.05) is 19.4 Å². The third-order valence-electron chi connectivity index (χ3n) is 3.76. The number of rotatable bonds is 4. The summed E-state index contributed by atoms with van der Waals surface area (Å²) in [5.41, 5.74) is 1.43. The molecule has 1 saturated heterocycles. The lowest BCUT2D eigenvalue weighted by Gasteiger charge is -2.26. The molecule has 116 valence electrons. The summed E-state index contributed by atoms with van der Waals surface area (Å²) >= 11 is 0. The van der Waals surface area contributed by atoms with E-state index in [1.807, 2.05) is 6.92 Å². The standard InChI is InChI=1S/C15H22N2O3S/c1-3-15(18)16-14-11-13(8-7-12(14)2)21(19,20)17-9-5-4-6-10-17/h7-8,11H,3-6,9-10H2,1-2H3,(H,16,18). The number of nitrogens with one attached hydrogen (secondary N) is 1. The predicted molar refractivity (Wildman–Crippen MR) is 82.7 cm³/mol. The number of piperidine rings is 1. The van der Waals surface area contributed by atoms with Crippen LogP contribution < -0.4 is 5.32 Å². The van der Waals surface area contributed by atoms with Gasteiger partial charge in [0.15, 0.2) is 0 Å². The van der Waals surface area contributed by atoms with Gasteiger partial charge in [0, 0.05) is 25.2 Å². The third kappa shape index (κ3) is 3.63. The number of aryl methyl sites for hydroxylation is 1. The Morgan fingerprint density at radius 2 is 1.90 bits per heavy atom. The molecule has 1 N–H and O–H groups in total. The highest BCUT2D eigenvalue weighted by molar-refractivity contribution is 7.89. The Balaban J connectivity index is 2.30. The highest BCUT2D eigenvalue weighted by Crippen LogP contribution is 2.25. The van der Waals surface area contributed by atoms with E-state index in [2.05, 4.69) is 5.32 Å². The maximum absolute atomic E-state index is 12.6. The largest absolute Gasteiger partial charge is 0.326 e. The van der Waals surface area contributed by atoms with Crippen LogP contribution in [0.2, 0.25) is 0 Å². The van der Waals surface area contributed by atoms with Crippen molar-refractivity contribution in [3.8, 4) is 0 Å². The third-order valence-corrected chi connectivity index (χ3v) is 5.65. The molecule has 2 rings (SSSR count). The number of amides is 1. The van der Waals surface area contributed by atoms with Crippen molar-refractivity contribution >= 4 is 21.6 Å². The molecule has 1 aliphatic rings. The maximum Gasteiger partial charge on any atom is 0.243 e. The summed E-state index contributed by atoms with van der Waals surface area (Å²) in [7, 11) is -3.46. The van der Waals surface area contributed by atoms with Crippen LogP contribution in [0.25, 0.3) is 0 Å². The molecule has 1 fully saturated rings. The van der Waals surface area contributed by atoms with E-state index in [0.717, 1.165) is 24.8 Å². The average molecular weight is 310 g/mol. The fourth-order valence-electron chi connectivity index (χ4n) is 2.39. The monoisotopic (exact) mass is 310 g/mol. The van der Waals surface area contributed by atoms with Crippen molar-refractivity contribution in [3.05, 3.63) is 23.8 Å². The minimum atomic E-state index is -3.46. The summed E-state index contributed by atoms with van der Waals surface area (Å²) in [6, 6.07) is 4.91. The fraction of sp³-hybridized carbons (Fsp3) is 0.533. The molecule has 0 unspecified atom stereocenters. The maximum atomic E-state index is 12.6. The molecule has 0 aliphatic carbocycles. The molecule has 0 spiro atoms. The minimum absolute atomic E-state index is 0.120. The molecule has 0 radical (unpaired) electrons. The molecule has 0 aromatic heterocycles. The Labute approximate surface area is 126 Å². The number of sulfonamides is 1. The van der Waals surface area contributed by atoms with Crippen LogP contribution in [0.4, 0.5) is 5.69 Å². The number of hydrogen-bond acceptors (Lipinski definition) is 3. The van der Waals surface area contributed by atoms with Crippen LogP contribution in [0, 0.1) is 6.92 Å². The van der Waals surface area contributed by atoms with Crippen LogP contribution in [-0.4, -0.2) is 31.7 Å². The van der Waals surface area contributed by atoms with E-state index in [0.29, 0.717) is 25.2 Å². The molecule has 21 heavy (non-hydrogen) atoms. The number of anilines is 1. The molecular formula is C15H22N2O3S. The van der Waals surface area contributed by atoms with E-state index < -0.39 is 10.0 Å². The quantitative estimate of drug-likeness (QED) is 0.929. The van der Waals surface area contributed by atoms with Gasteiger partial charge in [0.2, 0.25) is 15.9 Å². The number of carbonyl (C=O) groups is 1. The molecule has 5 nitrogen and oxygen atoms in total. The Morgan fingerprint density at radius 3 is 2.52 bits per heavy atom. The molecule has 1 heterocycles. The van der Waals surface area contributed by atoms with E-state index in [4.69, 9.17) is 0 Å². The molecule has 1 aromatic rings. The van der Waals surface area contributed by atoms with Crippen molar-refractivity contribution in [2.45, 2.75) is 44.4 Å². The van der Waals surface area contributed by atoms with Crippen molar-refractivity contribution in [2.24, 2.45) is 0 Å². The molecular weight excluding hydrogens is 288 g/mol. The van der Waals surface area contributed by atoms with Crippen LogP contribution in [0.1, 0.15) is 38.2 Å². The predicted octanol–water partition coefficient (Wildman–Crippen LogP) is 2.52. The first-order chi connectivity index (χ1) is 9.95. The Bertz CT molecular complexity index is 620. The van der Waals surface area contributed by atoms with Gasteiger partial charge in [0.1, 0.15) is 0 Å². The second-order valence-corrected chi connectivity index (χ2v) is 7.28. The van der Waals surface area contributed by atoms with Crippen LogP contribution in [0.3, 0.4) is 0 Å². The summed E-state index contributed by atoms with van der Waals surface area (Å²) in [5.74, 6) is -0.120. The van der Waals surface area contributed by atoms with Gasteiger partial charge in [-0.3, -0.25) is 4.79 Å². The SMILES string of the molecule is CCC(=O)Nc1cc(S(=O)(=O)N2CCCCC2)ccc1C. The molecule has 1 amide bonds. The smallest absolute Gasteiger partial charge is 0.243 e. The molecule has 6 heteroatoms. The lowest BCUT2D eigenvalue weighted by Crippen LogP contribution is -2.35. The first-order valence-electron chi connectivity index (χ1n) is 7.36. The van der Waals surface area contributed by atoms with Crippen molar-refractivity contribution in [2.75, 3.05) is 18.4 Å². The first kappa shape index (κ1) is 16.0. The average Bonchev–Trinajstić information content (AvgIpc) is 2.50. The van der Waals surface area contributed by atoms with Crippen molar-refractivity contribution in [3.63, 3.8) is 0 Å². The Morgan fingerprint density at radius 1 is 1.24 bits per heavy atom. The van der Waals surface area contributed by atoms with Gasteiger partial charge >= 0.3 is 0 Å². The number of benzene rings is 1. The zero-order valence-electron chi connectivity index (χ0n) is 12.6. The van der Waals surface area contributed by atoms with Crippen LogP contribution in [0.15, 0.2) is 23.1 Å². The second kappa shape index (κ2) is 6.58. The molecule has 0 atom stereocenters. The number of hydrogen-bond donors (Lipinski definition) is 1. The van der Waals surface area contributed by atoms with E-state index in [1.165, 1.54) is 4.31 Å². The fourth-order valence-corrected chi connectivity index (χ4v) is 3.93.